The van der Waals surface area contributed by atoms with Crippen LogP contribution in [-0.2, 0) is 0 Å². The summed E-state index contributed by atoms with van der Waals surface area (Å²) in [6.45, 7) is 5.24. The molecule has 0 unspecified atom stereocenters. The number of hydrogen-bond acceptors (Lipinski definition) is 1. The van der Waals surface area contributed by atoms with Gasteiger partial charge in [0.25, 0.3) is 0 Å². The molecule has 0 aromatic heterocycles. The third-order valence-electron chi connectivity index (χ3n) is 2.91. The lowest BCUT2D eigenvalue weighted by Gasteiger charge is -2.42. The molecule has 1 rings (SSSR count). The maximum absolute atomic E-state index is 3.61. The molecule has 0 spiro atoms. The molecule has 1 nitrogen and oxygen atoms in total. The molecule has 1 aliphatic rings. The summed E-state index contributed by atoms with van der Waals surface area (Å²) < 4.78 is 0. The highest BCUT2D eigenvalue weighted by molar-refractivity contribution is 4.98. The second-order valence-corrected chi connectivity index (χ2v) is 3.59. The van der Waals surface area contributed by atoms with E-state index in [-0.39, 0.29) is 0 Å². The molecule has 1 heteroatoms. The molecule has 0 amide bonds. The second kappa shape index (κ2) is 4.52. The maximum Gasteiger partial charge on any atom is 0.0214 e. The van der Waals surface area contributed by atoms with Gasteiger partial charge in [0.05, 0.1) is 0 Å². The van der Waals surface area contributed by atoms with Crippen LogP contribution in [0.1, 0.15) is 46.0 Å². The summed E-state index contributed by atoms with van der Waals surface area (Å²) in [5, 5.41) is 3.61. The zero-order valence-corrected chi connectivity index (χ0v) is 8.24. The highest BCUT2D eigenvalue weighted by Crippen LogP contribution is 2.34. The summed E-state index contributed by atoms with van der Waals surface area (Å²) in [4.78, 5) is 0. The van der Waals surface area contributed by atoms with Gasteiger partial charge in [-0.15, -0.1) is 11.8 Å². The quantitative estimate of drug-likeness (QED) is 0.498. The normalized spacial score (nSPS) is 19.2. The van der Waals surface area contributed by atoms with E-state index in [1.165, 1.54) is 25.7 Å². The number of hydrogen-bond donors (Lipinski definition) is 1. The third kappa shape index (κ3) is 2.25. The average Bonchev–Trinajstić information content (AvgIpc) is 2.02. The van der Waals surface area contributed by atoms with E-state index in [9.17, 15) is 0 Å². The van der Waals surface area contributed by atoms with Crippen LogP contribution in [0.5, 0.6) is 0 Å². The fraction of sp³-hybridized carbons (Fsp3) is 0.818. The van der Waals surface area contributed by atoms with E-state index >= 15 is 0 Å². The van der Waals surface area contributed by atoms with Crippen molar-refractivity contribution in [2.75, 3.05) is 6.54 Å². The predicted octanol–water partition coefficient (Wildman–Crippen LogP) is 2.32. The predicted molar refractivity (Wildman–Crippen MR) is 52.9 cm³/mol. The first-order valence-electron chi connectivity index (χ1n) is 4.97. The molecule has 0 saturated heterocycles. The van der Waals surface area contributed by atoms with Gasteiger partial charge in [-0.1, -0.05) is 6.92 Å². The maximum atomic E-state index is 3.61. The molecule has 0 bridgehead atoms. The Kier molecular flexibility index (Phi) is 3.62. The molecular weight excluding hydrogens is 146 g/mol. The Bertz CT molecular complexity index is 175. The van der Waals surface area contributed by atoms with Crippen LogP contribution in [0.3, 0.4) is 0 Å². The summed E-state index contributed by atoms with van der Waals surface area (Å²) in [5.41, 5.74) is 0.495. The molecule has 12 heavy (non-hydrogen) atoms. The largest absolute Gasteiger partial charge is 0.310 e. The Morgan fingerprint density at radius 3 is 2.58 bits per heavy atom. The first-order chi connectivity index (χ1) is 5.83. The summed E-state index contributed by atoms with van der Waals surface area (Å²) in [7, 11) is 0. The molecule has 0 heterocycles. The van der Waals surface area contributed by atoms with Crippen LogP contribution in [0.15, 0.2) is 0 Å². The molecule has 0 aliphatic heterocycles. The van der Waals surface area contributed by atoms with Crippen LogP contribution in [0, 0.1) is 11.8 Å². The van der Waals surface area contributed by atoms with E-state index in [4.69, 9.17) is 0 Å². The Hall–Kier alpha value is -0.480. The van der Waals surface area contributed by atoms with Crippen molar-refractivity contribution in [2.24, 2.45) is 0 Å². The topological polar surface area (TPSA) is 12.0 Å². The number of rotatable bonds is 4. The molecular formula is C11H19N. The van der Waals surface area contributed by atoms with Crippen LogP contribution in [-0.4, -0.2) is 12.1 Å². The van der Waals surface area contributed by atoms with Gasteiger partial charge in [0.15, 0.2) is 0 Å². The fourth-order valence-electron chi connectivity index (χ4n) is 1.77. The molecule has 68 valence electrons. The van der Waals surface area contributed by atoms with E-state index in [0.717, 1.165) is 13.0 Å². The number of nitrogens with one attached hydrogen (secondary N) is 1. The van der Waals surface area contributed by atoms with Gasteiger partial charge in [-0.25, -0.2) is 0 Å². The van der Waals surface area contributed by atoms with E-state index in [0.29, 0.717) is 5.54 Å². The van der Waals surface area contributed by atoms with Gasteiger partial charge in [-0.2, -0.15) is 0 Å². The lowest BCUT2D eigenvalue weighted by molar-refractivity contribution is 0.179. The Morgan fingerprint density at radius 1 is 1.42 bits per heavy atom. The first kappa shape index (κ1) is 9.61. The minimum atomic E-state index is 0.495. The van der Waals surface area contributed by atoms with Crippen LogP contribution in [0.2, 0.25) is 0 Å². The molecule has 0 aromatic rings. The molecule has 0 atom stereocenters. The van der Waals surface area contributed by atoms with Crippen LogP contribution in [0.25, 0.3) is 0 Å². The van der Waals surface area contributed by atoms with Gasteiger partial charge in [-0.05, 0) is 32.6 Å². The van der Waals surface area contributed by atoms with Gasteiger partial charge in [0.2, 0.25) is 0 Å². The average molecular weight is 165 g/mol. The van der Waals surface area contributed by atoms with Crippen molar-refractivity contribution in [3.05, 3.63) is 0 Å². The van der Waals surface area contributed by atoms with Gasteiger partial charge in [-0.3, -0.25) is 0 Å². The van der Waals surface area contributed by atoms with Crippen LogP contribution in [0.4, 0.5) is 0 Å². The first-order valence-corrected chi connectivity index (χ1v) is 4.97. The highest BCUT2D eigenvalue weighted by atomic mass is 15.0. The fourth-order valence-corrected chi connectivity index (χ4v) is 1.77. The van der Waals surface area contributed by atoms with E-state index in [1.54, 1.807) is 0 Å². The van der Waals surface area contributed by atoms with E-state index < -0.39 is 0 Å². The molecule has 1 saturated carbocycles. The third-order valence-corrected chi connectivity index (χ3v) is 2.91. The summed E-state index contributed by atoms with van der Waals surface area (Å²) in [6.07, 6.45) is 6.40. The Balaban J connectivity index is 2.14. The highest BCUT2D eigenvalue weighted by Gasteiger charge is 2.33. The molecule has 0 radical (unpaired) electrons. The van der Waals surface area contributed by atoms with E-state index in [1.807, 2.05) is 6.92 Å². The van der Waals surface area contributed by atoms with Gasteiger partial charge in [0.1, 0.15) is 0 Å². The monoisotopic (exact) mass is 165 g/mol. The zero-order chi connectivity index (χ0) is 8.86. The van der Waals surface area contributed by atoms with Gasteiger partial charge >= 0.3 is 0 Å². The van der Waals surface area contributed by atoms with Crippen molar-refractivity contribution < 1.29 is 0 Å². The minimum Gasteiger partial charge on any atom is -0.310 e. The Morgan fingerprint density at radius 2 is 2.17 bits per heavy atom. The second-order valence-electron chi connectivity index (χ2n) is 3.59. The van der Waals surface area contributed by atoms with Crippen LogP contribution < -0.4 is 5.32 Å². The van der Waals surface area contributed by atoms with Crippen molar-refractivity contribution in [3.8, 4) is 11.8 Å². The Labute approximate surface area is 75.9 Å². The summed E-state index contributed by atoms with van der Waals surface area (Å²) in [6, 6.07) is 0. The molecule has 1 fully saturated rings. The minimum absolute atomic E-state index is 0.495. The van der Waals surface area contributed by atoms with Crippen molar-refractivity contribution in [1.29, 1.82) is 0 Å². The van der Waals surface area contributed by atoms with E-state index in [2.05, 4.69) is 24.1 Å². The summed E-state index contributed by atoms with van der Waals surface area (Å²) >= 11 is 0. The molecule has 1 N–H and O–H groups in total. The van der Waals surface area contributed by atoms with Crippen molar-refractivity contribution in [1.82, 2.24) is 5.32 Å². The van der Waals surface area contributed by atoms with Crippen molar-refractivity contribution >= 4 is 0 Å². The van der Waals surface area contributed by atoms with Gasteiger partial charge < -0.3 is 5.32 Å². The zero-order valence-electron chi connectivity index (χ0n) is 8.24. The SMILES string of the molecule is CC#CCCNC1(CC)CCC1. The van der Waals surface area contributed by atoms with Gasteiger partial charge in [0, 0.05) is 18.5 Å². The smallest absolute Gasteiger partial charge is 0.0214 e. The molecule has 1 aliphatic carbocycles. The lowest BCUT2D eigenvalue weighted by atomic mass is 9.75. The van der Waals surface area contributed by atoms with Crippen LogP contribution >= 0.6 is 0 Å². The lowest BCUT2D eigenvalue weighted by Crippen LogP contribution is -2.50. The molecule has 0 aromatic carbocycles. The van der Waals surface area contributed by atoms with Crippen molar-refractivity contribution in [2.45, 2.75) is 51.5 Å². The summed E-state index contributed by atoms with van der Waals surface area (Å²) in [5.74, 6) is 6.00. The van der Waals surface area contributed by atoms with Crippen molar-refractivity contribution in [3.63, 3.8) is 0 Å². The standard InChI is InChI=1S/C11H19N/c1-3-5-6-10-12-11(4-2)8-7-9-11/h12H,4,6-10H2,1-2H3.